The van der Waals surface area contributed by atoms with Crippen LogP contribution in [0.15, 0.2) is 17.2 Å². The van der Waals surface area contributed by atoms with Gasteiger partial charge in [0.2, 0.25) is 58.2 Å². The first-order valence-corrected chi connectivity index (χ1v) is 28.9. The van der Waals surface area contributed by atoms with Gasteiger partial charge in [-0.25, -0.2) is 4.79 Å². The zero-order valence-corrected chi connectivity index (χ0v) is 47.5. The van der Waals surface area contributed by atoms with Gasteiger partial charge in [-0.1, -0.05) is 27.2 Å². The van der Waals surface area contributed by atoms with E-state index in [2.05, 4.69) is 42.2 Å². The number of rotatable bonds is 11. The predicted molar refractivity (Wildman–Crippen MR) is 289 cm³/mol. The number of benzene rings is 1. The number of aromatic amines is 1. The number of likely N-dealkylation sites (tertiary alicyclic amines) is 1. The molecule has 1 unspecified atom stereocenters. The number of hydrogen-bond donors (Lipinski definition) is 12. The molecule has 2 fully saturated rings. The Kier molecular flexibility index (Phi) is 21.5. The number of aromatic nitrogens is 1. The maximum atomic E-state index is 15.3. The van der Waals surface area contributed by atoms with Crippen LogP contribution in [-0.2, 0) is 71.2 Å². The Hall–Kier alpha value is -6.40. The van der Waals surface area contributed by atoms with Crippen LogP contribution in [0.2, 0.25) is 0 Å². The minimum absolute atomic E-state index is 0.0456. The predicted octanol–water partition coefficient (Wildman–Crippen LogP) is -2.98. The number of aliphatic hydroxyl groups is 3. The molecule has 442 valence electrons. The monoisotopic (exact) mass is 1160 g/mol. The number of carbonyl (C=O) groups is 10. The molecule has 4 aliphatic heterocycles. The molecule has 0 radical (unpaired) electrons. The van der Waals surface area contributed by atoms with Crippen molar-refractivity contribution in [3.8, 4) is 5.75 Å². The molecule has 2 bridgehead atoms. The van der Waals surface area contributed by atoms with Crippen molar-refractivity contribution in [1.82, 2.24) is 52.0 Å². The highest BCUT2D eigenvalue weighted by Crippen LogP contribution is 2.39. The van der Waals surface area contributed by atoms with E-state index in [1.54, 1.807) is 63.4 Å². The van der Waals surface area contributed by atoms with Crippen LogP contribution in [0.25, 0.3) is 10.9 Å². The molecule has 2 aromatic rings. The third-order valence-electron chi connectivity index (χ3n) is 14.6. The quantitative estimate of drug-likeness (QED) is 0.0999. The minimum atomic E-state index is -2.43. The third-order valence-corrected chi connectivity index (χ3v) is 17.4. The number of H-pyrrole nitrogens is 1. The van der Waals surface area contributed by atoms with Crippen LogP contribution in [0.4, 0.5) is 4.79 Å². The van der Waals surface area contributed by atoms with E-state index in [1.165, 1.54) is 14.0 Å². The second kappa shape index (κ2) is 27.4. The van der Waals surface area contributed by atoms with Crippen LogP contribution in [-0.4, -0.2) is 205 Å². The molecule has 5 heterocycles. The molecule has 11 atom stereocenters. The molecule has 4 aliphatic rings. The average molecular weight is 1160 g/mol. The van der Waals surface area contributed by atoms with E-state index >= 15 is 4.55 Å². The number of fused-ring (bicyclic) bond motifs is 5. The fraction of sp³-hybridized carbons (Fsp3) is 0.647. The van der Waals surface area contributed by atoms with Crippen LogP contribution in [0.3, 0.4) is 0 Å². The number of nitrogens with zero attached hydrogens (tertiary/aromatic N) is 2. The molecule has 29 heteroatoms. The number of nitrogens with one attached hydrogen (secondary N) is 8. The summed E-state index contributed by atoms with van der Waals surface area (Å²) in [7, 11) is 1.45. The molecule has 0 aliphatic carbocycles. The van der Waals surface area contributed by atoms with Gasteiger partial charge in [-0.3, -0.25) is 43.2 Å². The second-order valence-corrected chi connectivity index (χ2v) is 24.3. The average Bonchev–Trinajstić information content (AvgIpc) is 4.07. The normalized spacial score (nSPS) is 26.7. The van der Waals surface area contributed by atoms with E-state index in [-0.39, 0.29) is 21.6 Å². The zero-order chi connectivity index (χ0) is 58.9. The van der Waals surface area contributed by atoms with E-state index in [4.69, 9.17) is 15.2 Å². The number of thioether (sulfide) groups is 1. The van der Waals surface area contributed by atoms with Crippen LogP contribution in [0, 0.1) is 11.8 Å². The van der Waals surface area contributed by atoms with Crippen molar-refractivity contribution in [3.05, 3.63) is 23.3 Å². The molecule has 0 saturated carbocycles. The highest BCUT2D eigenvalue weighted by atomic mass is 32.2. The van der Waals surface area contributed by atoms with Gasteiger partial charge in [-0.2, -0.15) is 11.8 Å². The van der Waals surface area contributed by atoms with E-state index in [0.717, 1.165) is 4.90 Å². The smallest absolute Gasteiger partial charge is 0.410 e. The number of amides is 10. The summed E-state index contributed by atoms with van der Waals surface area (Å²) in [5.41, 5.74) is 5.95. The summed E-state index contributed by atoms with van der Waals surface area (Å²) in [6.45, 7) is 7.96. The maximum absolute atomic E-state index is 15.3. The molecular formula is C51H75N11O16S2. The Morgan fingerprint density at radius 1 is 0.887 bits per heavy atom. The van der Waals surface area contributed by atoms with E-state index < -0.39 is 188 Å². The van der Waals surface area contributed by atoms with E-state index in [1.807, 2.05) is 0 Å². The fourth-order valence-corrected chi connectivity index (χ4v) is 12.5. The highest BCUT2D eigenvalue weighted by Gasteiger charge is 2.46. The summed E-state index contributed by atoms with van der Waals surface area (Å²) in [6, 6.07) is -6.84. The molecule has 1 aromatic carbocycles. The number of piperidine rings is 1. The van der Waals surface area contributed by atoms with Crippen molar-refractivity contribution in [2.75, 3.05) is 52.2 Å². The van der Waals surface area contributed by atoms with Gasteiger partial charge in [0, 0.05) is 77.1 Å². The Labute approximate surface area is 469 Å². The summed E-state index contributed by atoms with van der Waals surface area (Å²) in [5.74, 6) is -11.2. The van der Waals surface area contributed by atoms with Crippen molar-refractivity contribution < 1.29 is 77.3 Å². The van der Waals surface area contributed by atoms with Gasteiger partial charge in [0.05, 0.1) is 51.0 Å². The number of ether oxygens (including phenoxy) is 2. The van der Waals surface area contributed by atoms with Crippen molar-refractivity contribution in [1.29, 1.82) is 0 Å². The second-order valence-electron chi connectivity index (χ2n) is 21.6. The van der Waals surface area contributed by atoms with Crippen LogP contribution in [0.1, 0.15) is 84.8 Å². The summed E-state index contributed by atoms with van der Waals surface area (Å²) in [4.78, 5) is 145. The van der Waals surface area contributed by atoms with Crippen LogP contribution < -0.4 is 47.7 Å². The van der Waals surface area contributed by atoms with Gasteiger partial charge >= 0.3 is 6.09 Å². The number of primary amides is 1. The lowest BCUT2D eigenvalue weighted by Gasteiger charge is -2.33. The summed E-state index contributed by atoms with van der Waals surface area (Å²) in [5, 5.41) is 49.7. The molecule has 10 amide bonds. The highest BCUT2D eigenvalue weighted by molar-refractivity contribution is 7.99. The van der Waals surface area contributed by atoms with Gasteiger partial charge < -0.3 is 87.1 Å². The van der Waals surface area contributed by atoms with Crippen molar-refractivity contribution >= 4 is 93.1 Å². The van der Waals surface area contributed by atoms with Gasteiger partial charge in [0.1, 0.15) is 47.3 Å². The lowest BCUT2D eigenvalue weighted by Crippen LogP contribution is -2.62. The van der Waals surface area contributed by atoms with Crippen molar-refractivity contribution in [2.45, 2.75) is 150 Å². The number of carbonyl (C=O) groups excluding carboxylic acids is 10. The topological polar surface area (TPSA) is 405 Å². The maximum Gasteiger partial charge on any atom is 0.410 e. The number of aliphatic hydroxyl groups excluding tert-OH is 3. The Morgan fingerprint density at radius 3 is 2.17 bits per heavy atom. The van der Waals surface area contributed by atoms with Crippen LogP contribution in [0.5, 0.6) is 5.75 Å². The number of nitrogens with two attached hydrogens (primary N) is 1. The SMILES string of the molecule is CC[C@H](C)[C@@H]1NC(=O)CNC(=O)[C@@H]2Cc3c([nH]c4c(CSC5CCN(C(=O)OC(C)(C)C)CC5)c(OC)ccc34)[S+]([O-])C[C@H](NC(=O)CNC1=O)C(=O)N[C@@H](CC(N)=O)C(=O)N1C[C@H](O)C[C@H]1C(=O)N[C@@H]([C@@H](C)[C@@H](O)CO)C(=O)N2. The number of methoxy groups -OCH3 is 1. The van der Waals surface area contributed by atoms with E-state index in [0.29, 0.717) is 54.6 Å². The lowest BCUT2D eigenvalue weighted by molar-refractivity contribution is -0.144. The Morgan fingerprint density at radius 2 is 1.55 bits per heavy atom. The standard InChI is InChI=1S/C51H75N11O16S2/c1-8-24(2)40-46(72)54-18-38(67)55-33-23-80(76)48-29(28-9-10-36(77-7)30(42(28)60-48)22-79-27-11-13-61(14-12-27)50(75)78-51(4,5)6)16-31(43(69)53-19-39(68)58-40)56-47(73)41(25(3)35(65)21-63)59-45(71)34-15-26(64)20-62(34)49(74)32(17-37(52)66)57-44(33)70/h9-10,24-27,31-35,40-41,60,63-65H,8,11-23H2,1-7H3,(H2,52,66)(H,53,69)(H,54,72)(H,55,67)(H,56,73)(H,57,70)(H,58,68)(H,59,71)/t24-,25-,26+,31-,32-,33-,34-,35-,40-,41-,80?/m0/s1. The van der Waals surface area contributed by atoms with Gasteiger partial charge in [0.15, 0.2) is 6.04 Å². The van der Waals surface area contributed by atoms with Crippen molar-refractivity contribution in [2.24, 2.45) is 17.6 Å². The van der Waals surface area contributed by atoms with Crippen molar-refractivity contribution in [3.63, 3.8) is 0 Å². The van der Waals surface area contributed by atoms with Gasteiger partial charge in [-0.15, -0.1) is 0 Å². The zero-order valence-electron chi connectivity index (χ0n) is 45.8. The van der Waals surface area contributed by atoms with Gasteiger partial charge in [0.25, 0.3) is 0 Å². The summed E-state index contributed by atoms with van der Waals surface area (Å²) >= 11 is -0.870. The molecule has 1 aromatic heterocycles. The molecule has 80 heavy (non-hydrogen) atoms. The molecule has 27 nitrogen and oxygen atoms in total. The number of hydrogen-bond acceptors (Lipinski definition) is 17. The third kappa shape index (κ3) is 15.7. The lowest BCUT2D eigenvalue weighted by atomic mass is 9.93. The Balaban J connectivity index is 1.53. The molecule has 0 spiro atoms. The fourth-order valence-electron chi connectivity index (χ4n) is 9.88. The van der Waals surface area contributed by atoms with Crippen LogP contribution >= 0.6 is 11.8 Å². The van der Waals surface area contributed by atoms with E-state index in [9.17, 15) is 63.3 Å². The molecule has 13 N–H and O–H groups in total. The molecular weight excluding hydrogens is 1090 g/mol. The Bertz CT molecular complexity index is 2660. The molecule has 2 saturated heterocycles. The first-order valence-electron chi connectivity index (χ1n) is 26.5. The largest absolute Gasteiger partial charge is 0.610 e. The minimum Gasteiger partial charge on any atom is -0.610 e. The molecule has 6 rings (SSSR count). The summed E-state index contributed by atoms with van der Waals surface area (Å²) in [6.07, 6.45) is -3.70. The summed E-state index contributed by atoms with van der Waals surface area (Å²) < 4.78 is 26.7. The first-order chi connectivity index (χ1) is 37.7. The first kappa shape index (κ1) is 62.8. The van der Waals surface area contributed by atoms with Gasteiger partial charge in [-0.05, 0) is 51.7 Å².